The van der Waals surface area contributed by atoms with Crippen LogP contribution in [0.2, 0.25) is 0 Å². The minimum Gasteiger partial charge on any atom is -0.506 e. The zero-order valence-corrected chi connectivity index (χ0v) is 15.9. The number of aliphatic imine (C=N–C) groups is 1. The number of phenolic OH excluding ortho intramolecular Hbond substituents is 2. The predicted molar refractivity (Wildman–Crippen MR) is 92.1 cm³/mol. The van der Waals surface area contributed by atoms with Crippen molar-refractivity contribution in [2.45, 2.75) is 10.4 Å². The third kappa shape index (κ3) is 4.15. The van der Waals surface area contributed by atoms with Crippen molar-refractivity contribution in [1.29, 1.82) is 0 Å². The molecule has 0 fully saturated rings. The van der Waals surface area contributed by atoms with Gasteiger partial charge in [-0.3, -0.25) is 4.99 Å². The zero-order valence-electron chi connectivity index (χ0n) is 11.9. The molecule has 0 bridgehead atoms. The minimum atomic E-state index is -5.57. The normalized spacial score (nSPS) is 12.7. The van der Waals surface area contributed by atoms with E-state index in [1.54, 1.807) is 6.07 Å². The van der Waals surface area contributed by atoms with E-state index in [0.29, 0.717) is 21.1 Å². The molecule has 0 aliphatic rings. The lowest BCUT2D eigenvalue weighted by atomic mass is 10.2. The topological polar surface area (TPSA) is 87.0 Å². The van der Waals surface area contributed by atoms with E-state index in [1.807, 2.05) is 0 Å². The molecule has 0 atom stereocenters. The zero-order chi connectivity index (χ0) is 19.0. The van der Waals surface area contributed by atoms with Crippen molar-refractivity contribution in [1.82, 2.24) is 0 Å². The highest BCUT2D eigenvalue weighted by molar-refractivity contribution is 9.11. The first-order valence-corrected chi connectivity index (χ1v) is 9.37. The Balaban J connectivity index is 2.50. The van der Waals surface area contributed by atoms with E-state index in [1.165, 1.54) is 6.07 Å². The van der Waals surface area contributed by atoms with Crippen molar-refractivity contribution in [2.75, 3.05) is 0 Å². The molecular formula is C14H8Br2F3NO4S. The van der Waals surface area contributed by atoms with Gasteiger partial charge >= 0.3 is 5.51 Å². The predicted octanol–water partition coefficient (Wildman–Crippen LogP) is 4.67. The number of rotatable bonds is 3. The monoisotopic (exact) mass is 501 g/mol. The summed E-state index contributed by atoms with van der Waals surface area (Å²) in [5, 5.41) is 19.6. The molecule has 2 rings (SSSR count). The van der Waals surface area contributed by atoms with E-state index in [0.717, 1.165) is 12.3 Å². The van der Waals surface area contributed by atoms with Crippen LogP contribution in [-0.4, -0.2) is 30.4 Å². The van der Waals surface area contributed by atoms with Crippen LogP contribution in [0.1, 0.15) is 5.56 Å². The summed E-state index contributed by atoms with van der Waals surface area (Å²) >= 11 is 6.29. The largest absolute Gasteiger partial charge is 0.506 e. The summed E-state index contributed by atoms with van der Waals surface area (Å²) in [4.78, 5) is 2.72. The maximum absolute atomic E-state index is 12.6. The summed E-state index contributed by atoms with van der Waals surface area (Å²) in [6.07, 6.45) is 1.07. The Morgan fingerprint density at radius 3 is 2.32 bits per heavy atom. The Labute approximate surface area is 157 Å². The number of sulfone groups is 1. The molecule has 0 saturated carbocycles. The number of hydrogen-bond donors (Lipinski definition) is 2. The van der Waals surface area contributed by atoms with Gasteiger partial charge in [0.15, 0.2) is 0 Å². The highest BCUT2D eigenvalue weighted by atomic mass is 79.9. The molecule has 0 heterocycles. The average molecular weight is 503 g/mol. The molecular weight excluding hydrogens is 495 g/mol. The van der Waals surface area contributed by atoms with Crippen molar-refractivity contribution in [3.05, 3.63) is 44.8 Å². The van der Waals surface area contributed by atoms with Gasteiger partial charge in [-0.15, -0.1) is 0 Å². The Morgan fingerprint density at radius 1 is 1.08 bits per heavy atom. The maximum Gasteiger partial charge on any atom is 0.501 e. The van der Waals surface area contributed by atoms with Crippen LogP contribution < -0.4 is 0 Å². The van der Waals surface area contributed by atoms with Gasteiger partial charge in [-0.1, -0.05) is 15.9 Å². The Morgan fingerprint density at radius 2 is 1.72 bits per heavy atom. The van der Waals surface area contributed by atoms with Crippen LogP contribution in [0.3, 0.4) is 0 Å². The van der Waals surface area contributed by atoms with Crippen LogP contribution in [0.5, 0.6) is 11.5 Å². The number of benzene rings is 2. The molecule has 0 aromatic heterocycles. The van der Waals surface area contributed by atoms with Gasteiger partial charge in [0.2, 0.25) is 0 Å². The number of halogens is 5. The maximum atomic E-state index is 12.6. The third-order valence-electron chi connectivity index (χ3n) is 2.96. The van der Waals surface area contributed by atoms with Gasteiger partial charge < -0.3 is 10.2 Å². The molecule has 0 aliphatic carbocycles. The first kappa shape index (κ1) is 19.7. The van der Waals surface area contributed by atoms with Crippen LogP contribution in [0.15, 0.2) is 49.2 Å². The lowest BCUT2D eigenvalue weighted by Gasteiger charge is -2.09. The summed E-state index contributed by atoms with van der Waals surface area (Å²) in [6, 6.07) is 5.04. The summed E-state index contributed by atoms with van der Waals surface area (Å²) in [5.74, 6) is -0.712. The van der Waals surface area contributed by atoms with E-state index in [9.17, 15) is 31.8 Å². The molecule has 2 N–H and O–H groups in total. The number of nitrogens with zero attached hydrogens (tertiary/aromatic N) is 1. The van der Waals surface area contributed by atoms with Crippen LogP contribution in [0, 0.1) is 0 Å². The molecule has 11 heteroatoms. The van der Waals surface area contributed by atoms with Crippen molar-refractivity contribution < 1.29 is 31.8 Å². The van der Waals surface area contributed by atoms with E-state index >= 15 is 0 Å². The first-order chi connectivity index (χ1) is 11.4. The second-order valence-electron chi connectivity index (χ2n) is 4.68. The van der Waals surface area contributed by atoms with E-state index in [-0.39, 0.29) is 11.3 Å². The summed E-state index contributed by atoms with van der Waals surface area (Å²) in [7, 11) is -5.57. The van der Waals surface area contributed by atoms with Gasteiger partial charge in [-0.2, -0.15) is 13.2 Å². The molecule has 5 nitrogen and oxygen atoms in total. The molecule has 134 valence electrons. The Kier molecular flexibility index (Phi) is 5.50. The van der Waals surface area contributed by atoms with E-state index in [2.05, 4.69) is 36.9 Å². The van der Waals surface area contributed by atoms with Crippen molar-refractivity contribution in [3.8, 4) is 11.5 Å². The standard InChI is InChI=1S/C14H8Br2F3NO4S/c15-8-3-7(13(22)10(16)4-8)6-20-11-5-9(1-2-12(11)21)25(23,24)14(17,18)19/h1-6,21-22H. The molecule has 25 heavy (non-hydrogen) atoms. The number of aromatic hydroxyl groups is 2. The molecule has 0 amide bonds. The van der Waals surface area contributed by atoms with Crippen LogP contribution in [-0.2, 0) is 9.84 Å². The van der Waals surface area contributed by atoms with E-state index < -0.39 is 31.7 Å². The Bertz CT molecular complexity index is 959. The minimum absolute atomic E-state index is 0.185. The molecule has 2 aromatic carbocycles. The fraction of sp³-hybridized carbons (Fsp3) is 0.0714. The highest BCUT2D eigenvalue weighted by Gasteiger charge is 2.47. The lowest BCUT2D eigenvalue weighted by Crippen LogP contribution is -2.23. The van der Waals surface area contributed by atoms with Crippen molar-refractivity contribution >= 4 is 53.6 Å². The smallest absolute Gasteiger partial charge is 0.501 e. The van der Waals surface area contributed by atoms with Crippen LogP contribution in [0.25, 0.3) is 0 Å². The molecule has 0 aliphatic heterocycles. The fourth-order valence-electron chi connectivity index (χ4n) is 1.73. The third-order valence-corrected chi connectivity index (χ3v) is 5.51. The second-order valence-corrected chi connectivity index (χ2v) is 8.39. The Hall–Kier alpha value is -1.59. The van der Waals surface area contributed by atoms with Gasteiger partial charge in [0.05, 0.1) is 9.37 Å². The molecule has 0 unspecified atom stereocenters. The van der Waals surface area contributed by atoms with Gasteiger partial charge in [-0.25, -0.2) is 8.42 Å². The number of phenols is 2. The highest BCUT2D eigenvalue weighted by Crippen LogP contribution is 2.36. The quantitative estimate of drug-likeness (QED) is 0.597. The van der Waals surface area contributed by atoms with Gasteiger partial charge in [0, 0.05) is 16.3 Å². The second kappa shape index (κ2) is 6.96. The van der Waals surface area contributed by atoms with E-state index in [4.69, 9.17) is 0 Å². The summed E-state index contributed by atoms with van der Waals surface area (Å²) < 4.78 is 61.6. The molecule has 0 spiro atoms. The van der Waals surface area contributed by atoms with Gasteiger partial charge in [0.25, 0.3) is 9.84 Å². The molecule has 2 aromatic rings. The number of alkyl halides is 3. The van der Waals surface area contributed by atoms with Crippen LogP contribution in [0.4, 0.5) is 18.9 Å². The molecule has 0 saturated heterocycles. The van der Waals surface area contributed by atoms with Crippen molar-refractivity contribution in [3.63, 3.8) is 0 Å². The SMILES string of the molecule is O=S(=O)(c1ccc(O)c(N=Cc2cc(Br)cc(Br)c2O)c1)C(F)(F)F. The van der Waals surface area contributed by atoms with Crippen molar-refractivity contribution in [2.24, 2.45) is 4.99 Å². The van der Waals surface area contributed by atoms with Gasteiger partial charge in [0.1, 0.15) is 17.2 Å². The number of hydrogen-bond acceptors (Lipinski definition) is 5. The summed E-state index contributed by atoms with van der Waals surface area (Å²) in [6.45, 7) is 0. The molecule has 0 radical (unpaired) electrons. The lowest BCUT2D eigenvalue weighted by molar-refractivity contribution is -0.0436. The first-order valence-electron chi connectivity index (χ1n) is 6.30. The van der Waals surface area contributed by atoms with Crippen LogP contribution >= 0.6 is 31.9 Å². The summed E-state index contributed by atoms with van der Waals surface area (Å²) in [5.41, 5.74) is -5.69. The fourth-order valence-corrected chi connectivity index (χ4v) is 3.77. The van der Waals surface area contributed by atoms with Gasteiger partial charge in [-0.05, 0) is 46.3 Å². The average Bonchev–Trinajstić information content (AvgIpc) is 2.49.